The molecule has 2 aliphatic rings. The molecule has 5 nitrogen and oxygen atoms in total. The van der Waals surface area contributed by atoms with Gasteiger partial charge in [-0.25, -0.2) is 0 Å². The Morgan fingerprint density at radius 2 is 2.00 bits per heavy atom. The second-order valence-electron chi connectivity index (χ2n) is 5.06. The molecule has 1 aliphatic carbocycles. The SMILES string of the molecule is NCC1CCCCC1NC1CCC(=O)NC1=O. The van der Waals surface area contributed by atoms with Gasteiger partial charge in [0.05, 0.1) is 6.04 Å². The smallest absolute Gasteiger partial charge is 0.243 e. The molecular weight excluding hydrogens is 218 g/mol. The zero-order chi connectivity index (χ0) is 12.3. The Morgan fingerprint density at radius 1 is 1.24 bits per heavy atom. The molecule has 0 bridgehead atoms. The topological polar surface area (TPSA) is 84.2 Å². The highest BCUT2D eigenvalue weighted by atomic mass is 16.2. The maximum absolute atomic E-state index is 11.6. The first-order valence-electron chi connectivity index (χ1n) is 6.50. The Hall–Kier alpha value is -0.940. The van der Waals surface area contributed by atoms with E-state index in [0.29, 0.717) is 31.3 Å². The first-order valence-corrected chi connectivity index (χ1v) is 6.50. The van der Waals surface area contributed by atoms with Gasteiger partial charge in [0.15, 0.2) is 0 Å². The summed E-state index contributed by atoms with van der Waals surface area (Å²) in [4.78, 5) is 22.7. The van der Waals surface area contributed by atoms with Crippen molar-refractivity contribution in [1.82, 2.24) is 10.6 Å². The molecular formula is C12H21N3O2. The summed E-state index contributed by atoms with van der Waals surface area (Å²) in [6, 6.07) is 0.113. The number of nitrogens with two attached hydrogens (primary N) is 1. The molecule has 0 aromatic heterocycles. The number of rotatable bonds is 3. The summed E-state index contributed by atoms with van der Waals surface area (Å²) in [5, 5.41) is 5.77. The Kier molecular flexibility index (Phi) is 4.12. The number of carbonyl (C=O) groups excluding carboxylic acids is 2. The average Bonchev–Trinajstić information content (AvgIpc) is 2.33. The first-order chi connectivity index (χ1) is 8.20. The monoisotopic (exact) mass is 239 g/mol. The van der Waals surface area contributed by atoms with Crippen LogP contribution in [-0.2, 0) is 9.59 Å². The number of piperidine rings is 1. The van der Waals surface area contributed by atoms with E-state index in [1.165, 1.54) is 12.8 Å². The quantitative estimate of drug-likeness (QED) is 0.600. The van der Waals surface area contributed by atoms with E-state index < -0.39 is 0 Å². The number of hydrogen-bond donors (Lipinski definition) is 3. The highest BCUT2D eigenvalue weighted by Gasteiger charge is 2.31. The third kappa shape index (κ3) is 3.04. The van der Waals surface area contributed by atoms with Crippen LogP contribution in [0.25, 0.3) is 0 Å². The molecule has 4 N–H and O–H groups in total. The second-order valence-corrected chi connectivity index (χ2v) is 5.06. The van der Waals surface area contributed by atoms with Gasteiger partial charge in [0.25, 0.3) is 0 Å². The molecule has 0 radical (unpaired) electrons. The molecule has 2 fully saturated rings. The van der Waals surface area contributed by atoms with Gasteiger partial charge in [0.1, 0.15) is 0 Å². The molecule has 0 spiro atoms. The van der Waals surface area contributed by atoms with Crippen molar-refractivity contribution >= 4 is 11.8 Å². The zero-order valence-electron chi connectivity index (χ0n) is 10.1. The van der Waals surface area contributed by atoms with E-state index in [2.05, 4.69) is 10.6 Å². The predicted octanol–water partition coefficient (Wildman–Crippen LogP) is -0.101. The molecule has 3 atom stereocenters. The molecule has 2 rings (SSSR count). The van der Waals surface area contributed by atoms with Crippen LogP contribution in [0.15, 0.2) is 0 Å². The molecule has 1 saturated carbocycles. The summed E-state index contributed by atoms with van der Waals surface area (Å²) in [6.07, 6.45) is 5.69. The summed E-state index contributed by atoms with van der Waals surface area (Å²) in [6.45, 7) is 0.672. The molecule has 3 unspecified atom stereocenters. The van der Waals surface area contributed by atoms with E-state index in [0.717, 1.165) is 12.8 Å². The van der Waals surface area contributed by atoms with Crippen LogP contribution in [0.5, 0.6) is 0 Å². The number of amides is 2. The fourth-order valence-corrected chi connectivity index (χ4v) is 2.82. The minimum absolute atomic E-state index is 0.160. The summed E-state index contributed by atoms with van der Waals surface area (Å²) >= 11 is 0. The average molecular weight is 239 g/mol. The highest BCUT2D eigenvalue weighted by molar-refractivity contribution is 6.00. The Balaban J connectivity index is 1.90. The predicted molar refractivity (Wildman–Crippen MR) is 64.1 cm³/mol. The molecule has 1 aliphatic heterocycles. The van der Waals surface area contributed by atoms with Gasteiger partial charge < -0.3 is 11.1 Å². The van der Waals surface area contributed by atoms with E-state index in [-0.39, 0.29) is 17.9 Å². The van der Waals surface area contributed by atoms with Crippen LogP contribution < -0.4 is 16.4 Å². The largest absolute Gasteiger partial charge is 0.330 e. The van der Waals surface area contributed by atoms with Crippen molar-refractivity contribution in [2.24, 2.45) is 11.7 Å². The zero-order valence-corrected chi connectivity index (χ0v) is 10.1. The standard InChI is InChI=1S/C12H21N3O2/c13-7-8-3-1-2-4-9(8)14-10-5-6-11(16)15-12(10)17/h8-10,14H,1-7,13H2,(H,15,16,17). The van der Waals surface area contributed by atoms with Gasteiger partial charge >= 0.3 is 0 Å². The van der Waals surface area contributed by atoms with Crippen LogP contribution in [0, 0.1) is 5.92 Å². The molecule has 5 heteroatoms. The Morgan fingerprint density at radius 3 is 2.71 bits per heavy atom. The highest BCUT2D eigenvalue weighted by Crippen LogP contribution is 2.24. The van der Waals surface area contributed by atoms with Crippen LogP contribution >= 0.6 is 0 Å². The molecule has 1 saturated heterocycles. The minimum Gasteiger partial charge on any atom is -0.330 e. The lowest BCUT2D eigenvalue weighted by molar-refractivity contribution is -0.135. The molecule has 0 aromatic rings. The van der Waals surface area contributed by atoms with Gasteiger partial charge in [0, 0.05) is 12.5 Å². The van der Waals surface area contributed by atoms with E-state index in [1.54, 1.807) is 0 Å². The molecule has 0 aromatic carbocycles. The lowest BCUT2D eigenvalue weighted by Gasteiger charge is -2.35. The number of nitrogens with one attached hydrogen (secondary N) is 2. The summed E-state index contributed by atoms with van der Waals surface area (Å²) in [5.41, 5.74) is 5.76. The van der Waals surface area contributed by atoms with Crippen molar-refractivity contribution < 1.29 is 9.59 Å². The van der Waals surface area contributed by atoms with E-state index in [4.69, 9.17) is 5.73 Å². The summed E-state index contributed by atoms with van der Waals surface area (Å²) in [7, 11) is 0. The minimum atomic E-state index is -0.218. The van der Waals surface area contributed by atoms with Gasteiger partial charge in [-0.15, -0.1) is 0 Å². The fraction of sp³-hybridized carbons (Fsp3) is 0.833. The Labute approximate surface area is 102 Å². The van der Waals surface area contributed by atoms with Crippen molar-refractivity contribution in [3.63, 3.8) is 0 Å². The van der Waals surface area contributed by atoms with Gasteiger partial charge in [-0.1, -0.05) is 12.8 Å². The number of hydrogen-bond acceptors (Lipinski definition) is 4. The third-order valence-electron chi connectivity index (χ3n) is 3.87. The maximum atomic E-state index is 11.6. The third-order valence-corrected chi connectivity index (χ3v) is 3.87. The molecule has 17 heavy (non-hydrogen) atoms. The van der Waals surface area contributed by atoms with Gasteiger partial charge in [-0.2, -0.15) is 0 Å². The van der Waals surface area contributed by atoms with E-state index >= 15 is 0 Å². The molecule has 1 heterocycles. The van der Waals surface area contributed by atoms with Crippen LogP contribution in [0.4, 0.5) is 0 Å². The van der Waals surface area contributed by atoms with Crippen LogP contribution in [0.2, 0.25) is 0 Å². The Bertz CT molecular complexity index is 306. The van der Waals surface area contributed by atoms with E-state index in [1.807, 2.05) is 0 Å². The van der Waals surface area contributed by atoms with Gasteiger partial charge in [-0.3, -0.25) is 14.9 Å². The summed E-state index contributed by atoms with van der Waals surface area (Å²) < 4.78 is 0. The lowest BCUT2D eigenvalue weighted by atomic mass is 9.84. The maximum Gasteiger partial charge on any atom is 0.243 e. The van der Waals surface area contributed by atoms with Crippen molar-refractivity contribution in [3.05, 3.63) is 0 Å². The van der Waals surface area contributed by atoms with Crippen molar-refractivity contribution in [2.75, 3.05) is 6.54 Å². The normalized spacial score (nSPS) is 34.5. The van der Waals surface area contributed by atoms with Crippen LogP contribution in [-0.4, -0.2) is 30.4 Å². The second kappa shape index (κ2) is 5.60. The number of carbonyl (C=O) groups is 2. The molecule has 2 amide bonds. The first kappa shape index (κ1) is 12.5. The number of imide groups is 1. The van der Waals surface area contributed by atoms with Crippen LogP contribution in [0.1, 0.15) is 38.5 Å². The lowest BCUT2D eigenvalue weighted by Crippen LogP contribution is -2.56. The van der Waals surface area contributed by atoms with Crippen molar-refractivity contribution in [1.29, 1.82) is 0 Å². The van der Waals surface area contributed by atoms with Crippen molar-refractivity contribution in [3.8, 4) is 0 Å². The molecule has 96 valence electrons. The van der Waals surface area contributed by atoms with Gasteiger partial charge in [0.2, 0.25) is 11.8 Å². The van der Waals surface area contributed by atoms with Gasteiger partial charge in [-0.05, 0) is 31.7 Å². The fourth-order valence-electron chi connectivity index (χ4n) is 2.82. The van der Waals surface area contributed by atoms with E-state index in [9.17, 15) is 9.59 Å². The van der Waals surface area contributed by atoms with Crippen molar-refractivity contribution in [2.45, 2.75) is 50.6 Å². The van der Waals surface area contributed by atoms with Crippen LogP contribution in [0.3, 0.4) is 0 Å². The summed E-state index contributed by atoms with van der Waals surface area (Å²) in [5.74, 6) is 0.129.